The second-order valence-corrected chi connectivity index (χ2v) is 24.0. The number of amides is 1. The van der Waals surface area contributed by atoms with Crippen molar-refractivity contribution in [2.75, 3.05) is 40.9 Å². The molecule has 442 valence electrons. The molecule has 0 saturated heterocycles. The average molecular weight is 1090 g/mol. The van der Waals surface area contributed by atoms with Crippen molar-refractivity contribution in [3.63, 3.8) is 0 Å². The Hall–Kier alpha value is -2.55. The minimum absolute atomic E-state index is 0.0341. The zero-order valence-electron chi connectivity index (χ0n) is 50.5. The maximum atomic E-state index is 13.5. The number of hydrogen-bond donors (Lipinski definition) is 2. The van der Waals surface area contributed by atoms with E-state index in [9.17, 15) is 19.0 Å². The van der Waals surface area contributed by atoms with Crippen LogP contribution in [0.3, 0.4) is 0 Å². The number of ether oxygens (including phenoxy) is 1. The fourth-order valence-corrected chi connectivity index (χ4v) is 9.72. The van der Waals surface area contributed by atoms with Crippen molar-refractivity contribution in [2.24, 2.45) is 0 Å². The number of rotatable bonds is 57. The van der Waals surface area contributed by atoms with E-state index in [0.29, 0.717) is 17.4 Å². The maximum absolute atomic E-state index is 13.5. The Balaban J connectivity index is 5.08. The van der Waals surface area contributed by atoms with Crippen LogP contribution < -0.4 is 5.32 Å². The molecular weight excluding hydrogens is 964 g/mol. The smallest absolute Gasteiger partial charge is 0.456 e. The number of carbonyl (C=O) groups is 2. The molecule has 10 heteroatoms. The number of hydrogen-bond acceptors (Lipinski definition) is 6. The number of nitrogens with zero attached hydrogens (tertiary/aromatic N) is 1. The van der Waals surface area contributed by atoms with Crippen LogP contribution >= 0.6 is 7.82 Å². The summed E-state index contributed by atoms with van der Waals surface area (Å²) in [4.78, 5) is 37.7. The summed E-state index contributed by atoms with van der Waals surface area (Å²) in [5, 5.41) is 3.04. The lowest BCUT2D eigenvalue weighted by atomic mass is 10.0. The summed E-state index contributed by atoms with van der Waals surface area (Å²) in [5.41, 5.74) is 0. The molecule has 0 radical (unpaired) electrons. The summed E-state index contributed by atoms with van der Waals surface area (Å²) in [6.07, 6.45) is 72.0. The van der Waals surface area contributed by atoms with Gasteiger partial charge in [-0.25, -0.2) is 4.57 Å². The molecule has 0 aromatic carbocycles. The molecular formula is C66H122N2O7P+. The van der Waals surface area contributed by atoms with Crippen molar-refractivity contribution in [3.8, 4) is 0 Å². The molecule has 9 nitrogen and oxygen atoms in total. The standard InChI is InChI=1S/C66H121N2O7P/c1-7-10-13-16-19-22-25-27-29-30-31-32-33-34-35-36-37-38-39-41-44-47-50-53-56-59-66(70)75-64(57-54-51-48-45-42-24-21-18-15-12-9-3)63(62-74-76(71,72)73-61-60-68(4,5)6)67-65(69)58-55-52-49-46-43-40-28-26-23-20-17-14-11-8-2/h11,14,19-20,22-23,27-29,40,54,57,63-64H,7-10,12-13,15-18,21,24-26,30-39,41-53,55-56,58-62H2,1-6H3,(H-,67,69,71,72)/p+1/b14-11+,22-19-,23-20+,29-27-,40-28+,57-54-. The molecule has 0 fully saturated rings. The van der Waals surface area contributed by atoms with Crippen LogP contribution in [-0.2, 0) is 27.9 Å². The van der Waals surface area contributed by atoms with Crippen molar-refractivity contribution >= 4 is 19.7 Å². The van der Waals surface area contributed by atoms with Gasteiger partial charge in [-0.2, -0.15) is 0 Å². The Morgan fingerprint density at radius 3 is 1.29 bits per heavy atom. The van der Waals surface area contributed by atoms with Gasteiger partial charge >= 0.3 is 13.8 Å². The van der Waals surface area contributed by atoms with Crippen LogP contribution in [0.25, 0.3) is 0 Å². The van der Waals surface area contributed by atoms with Gasteiger partial charge in [-0.3, -0.25) is 18.6 Å². The van der Waals surface area contributed by atoms with E-state index in [1.165, 1.54) is 154 Å². The SMILES string of the molecule is CC/C=C/C/C=C/C/C=C/CCCCCCC(=O)NC(COP(=O)(O)OCC[N+](C)(C)C)C(/C=C\CCCCCCCCCCC)OC(=O)CCCCCCCCCCCCCCCCC/C=C\C/C=C\CCCCC. The summed E-state index contributed by atoms with van der Waals surface area (Å²) in [6, 6.07) is -0.861. The summed E-state index contributed by atoms with van der Waals surface area (Å²) in [6.45, 7) is 6.86. The number of allylic oxidation sites excluding steroid dienone is 11. The Morgan fingerprint density at radius 1 is 0.474 bits per heavy atom. The molecule has 0 bridgehead atoms. The highest BCUT2D eigenvalue weighted by molar-refractivity contribution is 7.47. The zero-order valence-corrected chi connectivity index (χ0v) is 51.4. The van der Waals surface area contributed by atoms with E-state index in [1.54, 1.807) is 0 Å². The molecule has 0 aromatic heterocycles. The van der Waals surface area contributed by atoms with E-state index >= 15 is 0 Å². The van der Waals surface area contributed by atoms with E-state index in [4.69, 9.17) is 13.8 Å². The maximum Gasteiger partial charge on any atom is 0.472 e. The normalized spacial score (nSPS) is 14.1. The van der Waals surface area contributed by atoms with E-state index in [0.717, 1.165) is 96.3 Å². The molecule has 0 saturated carbocycles. The molecule has 0 aliphatic heterocycles. The van der Waals surface area contributed by atoms with Crippen molar-refractivity contribution in [2.45, 2.75) is 296 Å². The van der Waals surface area contributed by atoms with Gasteiger partial charge in [-0.05, 0) is 96.0 Å². The molecule has 0 aliphatic carbocycles. The number of unbranched alkanes of at least 4 members (excludes halogenated alkanes) is 31. The third-order valence-electron chi connectivity index (χ3n) is 13.9. The van der Waals surface area contributed by atoms with E-state index in [-0.39, 0.29) is 31.5 Å². The summed E-state index contributed by atoms with van der Waals surface area (Å²) < 4.78 is 30.7. The number of esters is 1. The second kappa shape index (κ2) is 55.8. The summed E-state index contributed by atoms with van der Waals surface area (Å²) in [7, 11) is 1.48. The van der Waals surface area contributed by atoms with Gasteiger partial charge in [0.1, 0.15) is 19.3 Å². The molecule has 0 heterocycles. The van der Waals surface area contributed by atoms with Crippen LogP contribution in [0.2, 0.25) is 0 Å². The van der Waals surface area contributed by atoms with E-state index < -0.39 is 20.0 Å². The first kappa shape index (κ1) is 73.5. The summed E-state index contributed by atoms with van der Waals surface area (Å²) in [5.74, 6) is -0.528. The number of phosphoric acid groups is 1. The van der Waals surface area contributed by atoms with Crippen LogP contribution in [0.15, 0.2) is 72.9 Å². The largest absolute Gasteiger partial charge is 0.472 e. The number of quaternary nitrogens is 1. The zero-order chi connectivity index (χ0) is 55.7. The molecule has 0 spiro atoms. The van der Waals surface area contributed by atoms with Crippen molar-refractivity contribution < 1.29 is 37.3 Å². The van der Waals surface area contributed by atoms with Crippen molar-refractivity contribution in [1.29, 1.82) is 0 Å². The van der Waals surface area contributed by atoms with Crippen LogP contribution in [0.5, 0.6) is 0 Å². The third-order valence-corrected chi connectivity index (χ3v) is 14.9. The third kappa shape index (κ3) is 56.2. The molecule has 0 rings (SSSR count). The topological polar surface area (TPSA) is 111 Å². The molecule has 0 aromatic rings. The fraction of sp³-hybridized carbons (Fsp3) is 0.788. The van der Waals surface area contributed by atoms with Crippen LogP contribution in [-0.4, -0.2) is 74.3 Å². The van der Waals surface area contributed by atoms with Gasteiger partial charge < -0.3 is 19.4 Å². The lowest BCUT2D eigenvalue weighted by molar-refractivity contribution is -0.870. The lowest BCUT2D eigenvalue weighted by Gasteiger charge is -2.27. The molecule has 1 amide bonds. The van der Waals surface area contributed by atoms with E-state index in [2.05, 4.69) is 86.8 Å². The van der Waals surface area contributed by atoms with Crippen molar-refractivity contribution in [1.82, 2.24) is 5.32 Å². The van der Waals surface area contributed by atoms with Crippen molar-refractivity contribution in [3.05, 3.63) is 72.9 Å². The predicted molar refractivity (Wildman–Crippen MR) is 328 cm³/mol. The Morgan fingerprint density at radius 2 is 0.842 bits per heavy atom. The Bertz CT molecular complexity index is 1530. The van der Waals surface area contributed by atoms with Crippen LogP contribution in [0.4, 0.5) is 0 Å². The highest BCUT2D eigenvalue weighted by Crippen LogP contribution is 2.43. The molecule has 3 atom stereocenters. The molecule has 2 N–H and O–H groups in total. The minimum atomic E-state index is -4.45. The first-order chi connectivity index (χ1) is 36.9. The number of phosphoric ester groups is 1. The number of likely N-dealkylation sites (N-methyl/N-ethyl adjacent to an activating group) is 1. The highest BCUT2D eigenvalue weighted by Gasteiger charge is 2.30. The molecule has 0 aliphatic rings. The first-order valence-corrected chi connectivity index (χ1v) is 33.3. The highest BCUT2D eigenvalue weighted by atomic mass is 31.2. The fourth-order valence-electron chi connectivity index (χ4n) is 8.99. The van der Waals surface area contributed by atoms with Crippen LogP contribution in [0.1, 0.15) is 284 Å². The van der Waals surface area contributed by atoms with Gasteiger partial charge in [0, 0.05) is 12.8 Å². The first-order valence-electron chi connectivity index (χ1n) is 31.8. The molecule has 76 heavy (non-hydrogen) atoms. The lowest BCUT2D eigenvalue weighted by Crippen LogP contribution is -2.47. The number of carbonyl (C=O) groups excluding carboxylic acids is 2. The Kier molecular flexibility index (Phi) is 53.9. The van der Waals surface area contributed by atoms with Crippen LogP contribution in [0, 0.1) is 0 Å². The Labute approximate surface area is 470 Å². The monoisotopic (exact) mass is 1090 g/mol. The predicted octanol–water partition coefficient (Wildman–Crippen LogP) is 19.6. The summed E-state index contributed by atoms with van der Waals surface area (Å²) >= 11 is 0. The van der Waals surface area contributed by atoms with Gasteiger partial charge in [-0.1, -0.05) is 248 Å². The van der Waals surface area contributed by atoms with Gasteiger partial charge in [0.25, 0.3) is 0 Å². The number of nitrogens with one attached hydrogen (secondary N) is 1. The minimum Gasteiger partial charge on any atom is -0.456 e. The van der Waals surface area contributed by atoms with Gasteiger partial charge in [0.05, 0.1) is 33.8 Å². The molecule has 3 unspecified atom stereocenters. The second-order valence-electron chi connectivity index (χ2n) is 22.5. The van der Waals surface area contributed by atoms with Gasteiger partial charge in [-0.15, -0.1) is 0 Å². The van der Waals surface area contributed by atoms with E-state index in [1.807, 2.05) is 33.3 Å². The van der Waals surface area contributed by atoms with Gasteiger partial charge in [0.15, 0.2) is 0 Å². The average Bonchev–Trinajstić information content (AvgIpc) is 3.38. The quantitative estimate of drug-likeness (QED) is 0.0205. The van der Waals surface area contributed by atoms with Gasteiger partial charge in [0.2, 0.25) is 5.91 Å².